The number of thiophene rings is 1. The maximum atomic E-state index is 12.5. The van der Waals surface area contributed by atoms with Crippen LogP contribution in [0, 0.1) is 0 Å². The van der Waals surface area contributed by atoms with Crippen molar-refractivity contribution >= 4 is 47.2 Å². The zero-order valence-electron chi connectivity index (χ0n) is 15.3. The number of likely N-dealkylation sites (N-methyl/N-ethyl adjacent to an activating group) is 1. The van der Waals surface area contributed by atoms with E-state index >= 15 is 0 Å². The second-order valence-corrected chi connectivity index (χ2v) is 6.35. The number of amides is 1. The molecular formula is C19H27IN4OS. The summed E-state index contributed by atoms with van der Waals surface area (Å²) >= 11 is 1.66. The molecule has 0 aliphatic rings. The van der Waals surface area contributed by atoms with Crippen molar-refractivity contribution in [3.05, 3.63) is 58.3 Å². The van der Waals surface area contributed by atoms with Crippen molar-refractivity contribution in [2.45, 2.75) is 26.9 Å². The van der Waals surface area contributed by atoms with Crippen LogP contribution >= 0.6 is 35.3 Å². The van der Waals surface area contributed by atoms with Crippen LogP contribution in [-0.4, -0.2) is 36.4 Å². The number of nitrogens with one attached hydrogen (secondary N) is 2. The lowest BCUT2D eigenvalue weighted by molar-refractivity contribution is -0.130. The molecule has 7 heteroatoms. The molecule has 5 nitrogen and oxygen atoms in total. The fourth-order valence-corrected chi connectivity index (χ4v) is 3.01. The second kappa shape index (κ2) is 12.7. The first-order valence-electron chi connectivity index (χ1n) is 8.57. The molecule has 0 aliphatic heterocycles. The largest absolute Gasteiger partial charge is 0.357 e. The van der Waals surface area contributed by atoms with Crippen LogP contribution in [0.25, 0.3) is 0 Å². The molecule has 1 heterocycles. The molecule has 0 fully saturated rings. The van der Waals surface area contributed by atoms with Crippen LogP contribution in [0.1, 0.15) is 25.0 Å². The Morgan fingerprint density at radius 3 is 2.50 bits per heavy atom. The fraction of sp³-hybridized carbons (Fsp3) is 0.368. The molecule has 0 spiro atoms. The van der Waals surface area contributed by atoms with Crippen molar-refractivity contribution in [3.63, 3.8) is 0 Å². The summed E-state index contributed by atoms with van der Waals surface area (Å²) in [5.74, 6) is 0.727. The van der Waals surface area contributed by atoms with Gasteiger partial charge in [0.1, 0.15) is 0 Å². The molecule has 0 aliphatic carbocycles. The minimum Gasteiger partial charge on any atom is -0.357 e. The average Bonchev–Trinajstić information content (AvgIpc) is 3.16. The zero-order valence-corrected chi connectivity index (χ0v) is 18.4. The van der Waals surface area contributed by atoms with Gasteiger partial charge < -0.3 is 15.5 Å². The van der Waals surface area contributed by atoms with Crippen molar-refractivity contribution in [1.82, 2.24) is 15.5 Å². The molecule has 1 aromatic carbocycles. The minimum absolute atomic E-state index is 0. The number of aliphatic imine (C=N–C) groups is 1. The highest BCUT2D eigenvalue weighted by Crippen LogP contribution is 2.07. The summed E-state index contributed by atoms with van der Waals surface area (Å²) in [7, 11) is 0. The normalized spacial score (nSPS) is 10.8. The predicted octanol–water partition coefficient (Wildman–Crippen LogP) is 3.47. The number of halogens is 1. The summed E-state index contributed by atoms with van der Waals surface area (Å²) in [6, 6.07) is 12.1. The summed E-state index contributed by atoms with van der Waals surface area (Å²) in [6.07, 6.45) is 0. The van der Waals surface area contributed by atoms with Gasteiger partial charge in [0, 0.05) is 19.6 Å². The van der Waals surface area contributed by atoms with Crippen LogP contribution < -0.4 is 10.6 Å². The second-order valence-electron chi connectivity index (χ2n) is 5.57. The van der Waals surface area contributed by atoms with Crippen molar-refractivity contribution in [2.75, 3.05) is 19.6 Å². The lowest BCUT2D eigenvalue weighted by Crippen LogP contribution is -2.44. The van der Waals surface area contributed by atoms with Gasteiger partial charge >= 0.3 is 0 Å². The van der Waals surface area contributed by atoms with E-state index in [2.05, 4.69) is 27.1 Å². The number of benzene rings is 1. The zero-order chi connectivity index (χ0) is 17.9. The van der Waals surface area contributed by atoms with Crippen molar-refractivity contribution < 1.29 is 4.79 Å². The number of guanidine groups is 1. The standard InChI is InChI=1S/C19H26N4OS.HI/c1-3-20-19(21-12-17-10-11-25-15-17)22-13-18(24)23(4-2)14-16-8-6-5-7-9-16;/h5-11,15H,3-4,12-14H2,1-2H3,(H2,20,21,22);1H. The number of rotatable bonds is 8. The van der Waals surface area contributed by atoms with Crippen LogP contribution in [0.4, 0.5) is 0 Å². The van der Waals surface area contributed by atoms with E-state index in [9.17, 15) is 4.79 Å². The van der Waals surface area contributed by atoms with Gasteiger partial charge in [-0.15, -0.1) is 24.0 Å². The summed E-state index contributed by atoms with van der Waals surface area (Å²) in [5.41, 5.74) is 2.31. The fourth-order valence-electron chi connectivity index (χ4n) is 2.35. The van der Waals surface area contributed by atoms with Crippen LogP contribution in [0.2, 0.25) is 0 Å². The first-order valence-corrected chi connectivity index (χ1v) is 9.52. The minimum atomic E-state index is 0. The topological polar surface area (TPSA) is 56.7 Å². The van der Waals surface area contributed by atoms with Crippen molar-refractivity contribution in [1.29, 1.82) is 0 Å². The Labute approximate surface area is 176 Å². The molecule has 1 amide bonds. The smallest absolute Gasteiger partial charge is 0.242 e. The van der Waals surface area contributed by atoms with Gasteiger partial charge in [0.2, 0.25) is 5.91 Å². The Kier molecular flexibility index (Phi) is 11.0. The van der Waals surface area contributed by atoms with Crippen LogP contribution in [0.5, 0.6) is 0 Å². The molecule has 2 rings (SSSR count). The van der Waals surface area contributed by atoms with Gasteiger partial charge in [-0.25, -0.2) is 4.99 Å². The maximum absolute atomic E-state index is 12.5. The number of hydrogen-bond donors (Lipinski definition) is 2. The van der Waals surface area contributed by atoms with E-state index in [0.29, 0.717) is 25.6 Å². The molecule has 1 aromatic heterocycles. The molecule has 0 atom stereocenters. The molecule has 0 radical (unpaired) electrons. The Hall–Kier alpha value is -1.61. The van der Waals surface area contributed by atoms with Gasteiger partial charge in [0.25, 0.3) is 0 Å². The Morgan fingerprint density at radius 2 is 1.88 bits per heavy atom. The average molecular weight is 486 g/mol. The third kappa shape index (κ3) is 7.74. The summed E-state index contributed by atoms with van der Waals surface area (Å²) in [6.45, 7) is 6.91. The van der Waals surface area contributed by atoms with Crippen LogP contribution in [-0.2, 0) is 17.9 Å². The van der Waals surface area contributed by atoms with E-state index in [-0.39, 0.29) is 36.4 Å². The van der Waals surface area contributed by atoms with E-state index in [1.807, 2.05) is 54.5 Å². The number of hydrogen-bond acceptors (Lipinski definition) is 3. The highest BCUT2D eigenvalue weighted by atomic mass is 127. The first-order chi connectivity index (χ1) is 12.2. The lowest BCUT2D eigenvalue weighted by atomic mass is 10.2. The van der Waals surface area contributed by atoms with Gasteiger partial charge in [-0.05, 0) is 41.8 Å². The Morgan fingerprint density at radius 1 is 1.12 bits per heavy atom. The predicted molar refractivity (Wildman–Crippen MR) is 120 cm³/mol. The quantitative estimate of drug-likeness (QED) is 0.342. The molecule has 0 saturated heterocycles. The van der Waals surface area contributed by atoms with Crippen LogP contribution in [0.15, 0.2) is 52.2 Å². The monoisotopic (exact) mass is 486 g/mol. The molecule has 0 unspecified atom stereocenters. The van der Waals surface area contributed by atoms with Gasteiger partial charge in [0.15, 0.2) is 5.96 Å². The van der Waals surface area contributed by atoms with E-state index in [1.165, 1.54) is 5.56 Å². The van der Waals surface area contributed by atoms with E-state index in [0.717, 1.165) is 12.1 Å². The third-order valence-corrected chi connectivity index (χ3v) is 4.43. The van der Waals surface area contributed by atoms with E-state index in [4.69, 9.17) is 0 Å². The van der Waals surface area contributed by atoms with Crippen LogP contribution in [0.3, 0.4) is 0 Å². The van der Waals surface area contributed by atoms with E-state index < -0.39 is 0 Å². The van der Waals surface area contributed by atoms with Crippen molar-refractivity contribution in [2.24, 2.45) is 4.99 Å². The van der Waals surface area contributed by atoms with Crippen molar-refractivity contribution in [3.8, 4) is 0 Å². The van der Waals surface area contributed by atoms with Gasteiger partial charge in [-0.2, -0.15) is 11.3 Å². The summed E-state index contributed by atoms with van der Waals surface area (Å²) in [4.78, 5) is 18.9. The number of nitrogens with zero attached hydrogens (tertiary/aromatic N) is 2. The third-order valence-electron chi connectivity index (χ3n) is 3.70. The highest BCUT2D eigenvalue weighted by molar-refractivity contribution is 14.0. The molecular weight excluding hydrogens is 459 g/mol. The Bertz CT molecular complexity index is 661. The first kappa shape index (κ1) is 22.4. The molecule has 0 bridgehead atoms. The molecule has 2 aromatic rings. The molecule has 2 N–H and O–H groups in total. The maximum Gasteiger partial charge on any atom is 0.242 e. The summed E-state index contributed by atoms with van der Waals surface area (Å²) < 4.78 is 0. The van der Waals surface area contributed by atoms with Gasteiger partial charge in [-0.1, -0.05) is 30.3 Å². The SMILES string of the molecule is CCNC(=NCc1ccsc1)NCC(=O)N(CC)Cc1ccccc1.I. The molecule has 142 valence electrons. The lowest BCUT2D eigenvalue weighted by Gasteiger charge is -2.22. The molecule has 0 saturated carbocycles. The summed E-state index contributed by atoms with van der Waals surface area (Å²) in [5, 5.41) is 10.4. The number of carbonyl (C=O) groups excluding carboxylic acids is 1. The molecule has 26 heavy (non-hydrogen) atoms. The highest BCUT2D eigenvalue weighted by Gasteiger charge is 2.12. The number of carbonyl (C=O) groups is 1. The van der Waals surface area contributed by atoms with Gasteiger partial charge in [0.05, 0.1) is 13.1 Å². The Balaban J connectivity index is 0.00000338. The van der Waals surface area contributed by atoms with Gasteiger partial charge in [-0.3, -0.25) is 4.79 Å². The van der Waals surface area contributed by atoms with E-state index in [1.54, 1.807) is 11.3 Å².